The molecule has 0 unspecified atom stereocenters. The molecule has 0 amide bonds. The molecule has 0 radical (unpaired) electrons. The van der Waals surface area contributed by atoms with Gasteiger partial charge in [0.1, 0.15) is 17.3 Å². The first-order valence-electron chi connectivity index (χ1n) is 3.78. The number of pyridine rings is 1. The Hall–Kier alpha value is -1.33. The first-order chi connectivity index (χ1) is 6.65. The number of aliphatic hydroxyl groups excluding tert-OH is 1. The molecule has 1 aromatic heterocycles. The van der Waals surface area contributed by atoms with Crippen LogP contribution in [0.25, 0.3) is 0 Å². The maximum absolute atomic E-state index is 10.7. The quantitative estimate of drug-likeness (QED) is 0.730. The number of aliphatic hydroxyl groups is 1. The van der Waals surface area contributed by atoms with E-state index >= 15 is 0 Å². The van der Waals surface area contributed by atoms with Gasteiger partial charge in [0.05, 0.1) is 6.61 Å². The molecule has 76 valence electrons. The van der Waals surface area contributed by atoms with Crippen molar-refractivity contribution in [2.75, 3.05) is 13.2 Å². The van der Waals surface area contributed by atoms with E-state index in [1.54, 1.807) is 0 Å². The average Bonchev–Trinajstić information content (AvgIpc) is 2.14. The number of carboxylic acid groups (broad SMARTS) is 1. The molecule has 0 aliphatic heterocycles. The van der Waals surface area contributed by atoms with Gasteiger partial charge >= 0.3 is 5.97 Å². The van der Waals surface area contributed by atoms with E-state index in [0.717, 1.165) is 0 Å². The van der Waals surface area contributed by atoms with Gasteiger partial charge in [-0.25, -0.2) is 9.78 Å². The van der Waals surface area contributed by atoms with Gasteiger partial charge in [-0.05, 0) is 12.1 Å². The highest BCUT2D eigenvalue weighted by Crippen LogP contribution is 2.18. The van der Waals surface area contributed by atoms with Crippen molar-refractivity contribution in [3.8, 4) is 5.88 Å². The topological polar surface area (TPSA) is 79.7 Å². The Morgan fingerprint density at radius 2 is 2.29 bits per heavy atom. The third-order valence-corrected chi connectivity index (χ3v) is 1.60. The van der Waals surface area contributed by atoms with Gasteiger partial charge in [0.25, 0.3) is 0 Å². The molecular formula is C8H8ClNO4. The van der Waals surface area contributed by atoms with Crippen molar-refractivity contribution in [1.82, 2.24) is 4.98 Å². The summed E-state index contributed by atoms with van der Waals surface area (Å²) in [6, 6.07) is 2.65. The summed E-state index contributed by atoms with van der Waals surface area (Å²) >= 11 is 5.55. The number of rotatable bonds is 4. The summed E-state index contributed by atoms with van der Waals surface area (Å²) in [7, 11) is 0. The number of aromatic nitrogens is 1. The van der Waals surface area contributed by atoms with E-state index in [2.05, 4.69) is 4.98 Å². The van der Waals surface area contributed by atoms with Crippen LogP contribution >= 0.6 is 11.6 Å². The maximum Gasteiger partial charge on any atom is 0.341 e. The van der Waals surface area contributed by atoms with Crippen LogP contribution in [-0.4, -0.2) is 34.4 Å². The SMILES string of the molecule is O=C(O)c1ccc(Cl)nc1OCCO. The van der Waals surface area contributed by atoms with Gasteiger partial charge in [-0.1, -0.05) is 11.6 Å². The van der Waals surface area contributed by atoms with Gasteiger partial charge in [0.15, 0.2) is 0 Å². The summed E-state index contributed by atoms with van der Waals surface area (Å²) in [6.07, 6.45) is 0. The van der Waals surface area contributed by atoms with Gasteiger partial charge in [-0.3, -0.25) is 0 Å². The summed E-state index contributed by atoms with van der Waals surface area (Å²) in [6.45, 7) is -0.235. The van der Waals surface area contributed by atoms with Crippen molar-refractivity contribution >= 4 is 17.6 Å². The predicted octanol–water partition coefficient (Wildman–Crippen LogP) is 0.804. The molecule has 0 atom stereocenters. The zero-order valence-corrected chi connectivity index (χ0v) is 7.86. The van der Waals surface area contributed by atoms with E-state index < -0.39 is 5.97 Å². The van der Waals surface area contributed by atoms with Crippen LogP contribution in [0.5, 0.6) is 5.88 Å². The predicted molar refractivity (Wildman–Crippen MR) is 48.8 cm³/mol. The van der Waals surface area contributed by atoms with Crippen LogP contribution in [0.15, 0.2) is 12.1 Å². The zero-order chi connectivity index (χ0) is 10.6. The van der Waals surface area contributed by atoms with Crippen molar-refractivity contribution in [2.24, 2.45) is 0 Å². The Morgan fingerprint density at radius 3 is 2.86 bits per heavy atom. The van der Waals surface area contributed by atoms with Gasteiger partial charge in [0.2, 0.25) is 5.88 Å². The highest BCUT2D eigenvalue weighted by atomic mass is 35.5. The summed E-state index contributed by atoms with van der Waals surface area (Å²) in [5.74, 6) is -1.24. The van der Waals surface area contributed by atoms with Crippen LogP contribution in [0.2, 0.25) is 5.15 Å². The molecular weight excluding hydrogens is 210 g/mol. The molecule has 5 nitrogen and oxygen atoms in total. The summed E-state index contributed by atoms with van der Waals surface area (Å²) < 4.78 is 4.90. The minimum Gasteiger partial charge on any atom is -0.477 e. The lowest BCUT2D eigenvalue weighted by molar-refractivity contribution is 0.0689. The number of aromatic carboxylic acids is 1. The molecule has 0 aliphatic rings. The second-order valence-corrected chi connectivity index (χ2v) is 2.75. The molecule has 0 saturated carbocycles. The molecule has 0 saturated heterocycles. The Kier molecular flexibility index (Phi) is 3.67. The Bertz CT molecular complexity index is 342. The van der Waals surface area contributed by atoms with Crippen molar-refractivity contribution in [2.45, 2.75) is 0 Å². The van der Waals surface area contributed by atoms with Crippen molar-refractivity contribution in [3.05, 3.63) is 22.8 Å². The Labute approximate surface area is 84.9 Å². The second kappa shape index (κ2) is 4.78. The van der Waals surface area contributed by atoms with Crippen LogP contribution in [0.4, 0.5) is 0 Å². The van der Waals surface area contributed by atoms with E-state index in [-0.39, 0.29) is 29.8 Å². The second-order valence-electron chi connectivity index (χ2n) is 2.36. The van der Waals surface area contributed by atoms with E-state index in [9.17, 15) is 4.79 Å². The average molecular weight is 218 g/mol. The molecule has 6 heteroatoms. The third kappa shape index (κ3) is 2.58. The molecule has 1 rings (SSSR count). The first kappa shape index (κ1) is 10.7. The number of ether oxygens (including phenoxy) is 1. The van der Waals surface area contributed by atoms with Gasteiger partial charge in [0, 0.05) is 0 Å². The smallest absolute Gasteiger partial charge is 0.341 e. The van der Waals surface area contributed by atoms with Gasteiger partial charge in [-0.2, -0.15) is 0 Å². The van der Waals surface area contributed by atoms with Crippen LogP contribution in [0, 0.1) is 0 Å². The summed E-state index contributed by atoms with van der Waals surface area (Å²) in [5, 5.41) is 17.4. The highest BCUT2D eigenvalue weighted by Gasteiger charge is 2.12. The minimum absolute atomic E-state index is 0.0202. The molecule has 14 heavy (non-hydrogen) atoms. The van der Waals surface area contributed by atoms with Gasteiger partial charge in [-0.15, -0.1) is 0 Å². The molecule has 0 bridgehead atoms. The largest absolute Gasteiger partial charge is 0.477 e. The van der Waals surface area contributed by atoms with E-state index in [0.29, 0.717) is 0 Å². The standard InChI is InChI=1S/C8H8ClNO4/c9-6-2-1-5(8(12)13)7(10-6)14-4-3-11/h1-2,11H,3-4H2,(H,12,13). The normalized spacial score (nSPS) is 9.86. The zero-order valence-electron chi connectivity index (χ0n) is 7.11. The fraction of sp³-hybridized carbons (Fsp3) is 0.250. The highest BCUT2D eigenvalue weighted by molar-refractivity contribution is 6.29. The number of halogens is 1. The van der Waals surface area contributed by atoms with Crippen LogP contribution in [0.3, 0.4) is 0 Å². The first-order valence-corrected chi connectivity index (χ1v) is 4.16. The summed E-state index contributed by atoms with van der Waals surface area (Å²) in [4.78, 5) is 14.4. The number of carboxylic acids is 1. The number of hydrogen-bond donors (Lipinski definition) is 2. The monoisotopic (exact) mass is 217 g/mol. The fourth-order valence-electron chi connectivity index (χ4n) is 0.833. The molecule has 1 heterocycles. The third-order valence-electron chi connectivity index (χ3n) is 1.39. The molecule has 0 fully saturated rings. The van der Waals surface area contributed by atoms with Crippen LogP contribution in [0.1, 0.15) is 10.4 Å². The Balaban J connectivity index is 2.97. The van der Waals surface area contributed by atoms with Crippen LogP contribution in [-0.2, 0) is 0 Å². The van der Waals surface area contributed by atoms with Crippen molar-refractivity contribution < 1.29 is 19.7 Å². The van der Waals surface area contributed by atoms with E-state index in [4.69, 9.17) is 26.6 Å². The molecule has 0 spiro atoms. The lowest BCUT2D eigenvalue weighted by Gasteiger charge is -2.06. The van der Waals surface area contributed by atoms with Gasteiger partial charge < -0.3 is 14.9 Å². The lowest BCUT2D eigenvalue weighted by Crippen LogP contribution is -2.08. The molecule has 1 aromatic rings. The summed E-state index contributed by atoms with van der Waals surface area (Å²) in [5.41, 5.74) is -0.0807. The van der Waals surface area contributed by atoms with Crippen molar-refractivity contribution in [3.63, 3.8) is 0 Å². The number of hydrogen-bond acceptors (Lipinski definition) is 4. The van der Waals surface area contributed by atoms with E-state index in [1.807, 2.05) is 0 Å². The van der Waals surface area contributed by atoms with E-state index in [1.165, 1.54) is 12.1 Å². The Morgan fingerprint density at radius 1 is 1.57 bits per heavy atom. The molecule has 0 aliphatic carbocycles. The molecule has 0 aromatic carbocycles. The fourth-order valence-corrected chi connectivity index (χ4v) is 0.973. The maximum atomic E-state index is 10.7. The lowest BCUT2D eigenvalue weighted by atomic mass is 10.3. The van der Waals surface area contributed by atoms with Crippen LogP contribution < -0.4 is 4.74 Å². The van der Waals surface area contributed by atoms with Crippen molar-refractivity contribution in [1.29, 1.82) is 0 Å². The molecule has 2 N–H and O–H groups in total. The minimum atomic E-state index is -1.15. The number of nitrogens with zero attached hydrogens (tertiary/aromatic N) is 1. The number of carbonyl (C=O) groups is 1.